The number of H-pyrrole nitrogens is 1. The molecule has 1 fully saturated rings. The van der Waals surface area contributed by atoms with Crippen LogP contribution < -0.4 is 4.31 Å². The number of aromatic amines is 1. The van der Waals surface area contributed by atoms with Crippen LogP contribution in [-0.4, -0.2) is 68.5 Å². The van der Waals surface area contributed by atoms with E-state index in [4.69, 9.17) is 4.98 Å². The minimum Gasteiger partial charge on any atom is -0.339 e. The number of pyridine rings is 1. The molecular formula is C34H32FN5O2S2. The third-order valence-corrected chi connectivity index (χ3v) is 11.6. The van der Waals surface area contributed by atoms with E-state index in [1.54, 1.807) is 42.8 Å². The van der Waals surface area contributed by atoms with Crippen molar-refractivity contribution in [2.45, 2.75) is 10.8 Å². The Morgan fingerprint density at radius 1 is 0.955 bits per heavy atom. The largest absolute Gasteiger partial charge is 0.339 e. The van der Waals surface area contributed by atoms with Crippen molar-refractivity contribution in [3.8, 4) is 22.3 Å². The first kappa shape index (κ1) is 28.7. The van der Waals surface area contributed by atoms with Gasteiger partial charge in [0, 0.05) is 73.4 Å². The number of aromatic nitrogens is 2. The van der Waals surface area contributed by atoms with Crippen molar-refractivity contribution < 1.29 is 12.8 Å². The minimum absolute atomic E-state index is 0.283. The minimum atomic E-state index is -3.71. The highest BCUT2D eigenvalue weighted by atomic mass is 32.2. The molecule has 0 amide bonds. The number of hydrogen-bond donors (Lipinski definition) is 1. The van der Waals surface area contributed by atoms with Crippen molar-refractivity contribution in [2.75, 3.05) is 44.6 Å². The summed E-state index contributed by atoms with van der Waals surface area (Å²) in [7, 11) is 0.0200. The third-order valence-electron chi connectivity index (χ3n) is 8.48. The van der Waals surface area contributed by atoms with E-state index in [2.05, 4.69) is 46.1 Å². The molecule has 0 radical (unpaired) electrons. The molecule has 1 N–H and O–H groups in total. The van der Waals surface area contributed by atoms with Crippen molar-refractivity contribution in [3.63, 3.8) is 0 Å². The van der Waals surface area contributed by atoms with Gasteiger partial charge in [-0.2, -0.15) is 0 Å². The van der Waals surface area contributed by atoms with Crippen molar-refractivity contribution in [1.29, 1.82) is 0 Å². The third kappa shape index (κ3) is 5.28. The smallest absolute Gasteiger partial charge is 0.273 e. The van der Waals surface area contributed by atoms with E-state index in [0.717, 1.165) is 71.3 Å². The summed E-state index contributed by atoms with van der Waals surface area (Å²) in [6.07, 6.45) is 1.86. The molecule has 7 rings (SSSR count). The van der Waals surface area contributed by atoms with Crippen LogP contribution in [0.4, 0.5) is 10.1 Å². The van der Waals surface area contributed by atoms with E-state index in [-0.39, 0.29) is 10.0 Å². The topological polar surface area (TPSA) is 72.5 Å². The molecule has 0 aliphatic carbocycles. The molecular weight excluding hydrogens is 594 g/mol. The first-order chi connectivity index (χ1) is 21.3. The SMILES string of the molecule is CN1CCN(Cc2ccc(-c3cnc4[nH]c5ccc(N(C)S(=O)(=O)c6cccs6)cc5c4c3-c3ccc(F)cc3)cc2)CC1. The van der Waals surface area contributed by atoms with Crippen molar-refractivity contribution in [2.24, 2.45) is 0 Å². The highest BCUT2D eigenvalue weighted by Gasteiger charge is 2.24. The summed E-state index contributed by atoms with van der Waals surface area (Å²) in [5.74, 6) is -0.310. The summed E-state index contributed by atoms with van der Waals surface area (Å²) in [4.78, 5) is 13.1. The van der Waals surface area contributed by atoms with Gasteiger partial charge in [-0.1, -0.05) is 42.5 Å². The Bertz CT molecular complexity index is 2050. The van der Waals surface area contributed by atoms with E-state index in [1.165, 1.54) is 33.3 Å². The van der Waals surface area contributed by atoms with Gasteiger partial charge in [0.15, 0.2) is 0 Å². The van der Waals surface area contributed by atoms with Gasteiger partial charge in [0.1, 0.15) is 15.7 Å². The Kier molecular flexibility index (Phi) is 7.45. The summed E-state index contributed by atoms with van der Waals surface area (Å²) in [5, 5.41) is 3.45. The Balaban J connectivity index is 1.35. The Hall–Kier alpha value is -4.09. The number of halogens is 1. The van der Waals surface area contributed by atoms with Gasteiger partial charge in [-0.15, -0.1) is 11.3 Å². The Labute approximate surface area is 260 Å². The van der Waals surface area contributed by atoms with Crippen LogP contribution in [0.1, 0.15) is 5.56 Å². The molecule has 4 heterocycles. The number of rotatable bonds is 7. The van der Waals surface area contributed by atoms with Gasteiger partial charge >= 0.3 is 0 Å². The lowest BCUT2D eigenvalue weighted by Crippen LogP contribution is -2.43. The fourth-order valence-corrected chi connectivity index (χ4v) is 8.26. The van der Waals surface area contributed by atoms with Crippen LogP contribution in [0, 0.1) is 5.82 Å². The highest BCUT2D eigenvalue weighted by Crippen LogP contribution is 2.42. The molecule has 1 aliphatic heterocycles. The number of nitrogens with zero attached hydrogens (tertiary/aromatic N) is 4. The van der Waals surface area contributed by atoms with Gasteiger partial charge in [-0.25, -0.2) is 17.8 Å². The van der Waals surface area contributed by atoms with Gasteiger partial charge < -0.3 is 9.88 Å². The van der Waals surface area contributed by atoms with Crippen LogP contribution >= 0.6 is 11.3 Å². The van der Waals surface area contributed by atoms with Crippen LogP contribution in [0.3, 0.4) is 0 Å². The van der Waals surface area contributed by atoms with Crippen LogP contribution in [0.25, 0.3) is 44.2 Å². The van der Waals surface area contributed by atoms with E-state index >= 15 is 0 Å². The number of nitrogens with one attached hydrogen (secondary N) is 1. The quantitative estimate of drug-likeness (QED) is 0.211. The highest BCUT2D eigenvalue weighted by molar-refractivity contribution is 7.94. The second kappa shape index (κ2) is 11.4. The number of anilines is 1. The van der Waals surface area contributed by atoms with Gasteiger partial charge in [0.05, 0.1) is 5.69 Å². The Morgan fingerprint density at radius 3 is 2.39 bits per heavy atom. The maximum absolute atomic E-state index is 14.1. The first-order valence-corrected chi connectivity index (χ1v) is 16.8. The summed E-state index contributed by atoms with van der Waals surface area (Å²) >= 11 is 1.19. The summed E-state index contributed by atoms with van der Waals surface area (Å²) < 4.78 is 42.3. The average Bonchev–Trinajstić information content (AvgIpc) is 3.71. The fraction of sp³-hybridized carbons (Fsp3) is 0.206. The van der Waals surface area contributed by atoms with Crippen molar-refractivity contribution >= 4 is 49.0 Å². The zero-order valence-corrected chi connectivity index (χ0v) is 26.1. The van der Waals surface area contributed by atoms with Gasteiger partial charge in [0.2, 0.25) is 0 Å². The molecule has 0 saturated carbocycles. The number of piperazine rings is 1. The molecule has 224 valence electrons. The lowest BCUT2D eigenvalue weighted by atomic mass is 9.92. The molecule has 7 nitrogen and oxygen atoms in total. The zero-order valence-electron chi connectivity index (χ0n) is 24.5. The lowest BCUT2D eigenvalue weighted by molar-refractivity contribution is 0.148. The van der Waals surface area contributed by atoms with Crippen LogP contribution in [0.15, 0.2) is 94.6 Å². The van der Waals surface area contributed by atoms with Crippen LogP contribution in [0.2, 0.25) is 0 Å². The summed E-state index contributed by atoms with van der Waals surface area (Å²) in [5.41, 5.74) is 6.98. The van der Waals surface area contributed by atoms with Gasteiger partial charge in [-0.05, 0) is 65.5 Å². The maximum atomic E-state index is 14.1. The average molecular weight is 626 g/mol. The van der Waals surface area contributed by atoms with Gasteiger partial charge in [0.25, 0.3) is 10.0 Å². The fourth-order valence-electron chi connectivity index (χ4n) is 5.91. The molecule has 0 bridgehead atoms. The molecule has 44 heavy (non-hydrogen) atoms. The molecule has 0 spiro atoms. The van der Waals surface area contributed by atoms with Gasteiger partial charge in [-0.3, -0.25) is 9.21 Å². The molecule has 1 aliphatic rings. The summed E-state index contributed by atoms with van der Waals surface area (Å²) in [6.45, 7) is 5.17. The molecule has 10 heteroatoms. The first-order valence-electron chi connectivity index (χ1n) is 14.5. The maximum Gasteiger partial charge on any atom is 0.273 e. The number of likely N-dealkylation sites (N-methyl/N-ethyl adjacent to an activating group) is 1. The predicted octanol–water partition coefficient (Wildman–Crippen LogP) is 6.82. The second-order valence-corrected chi connectivity index (χ2v) is 14.5. The standard InChI is InChI=1S/C34H32FN5O2S2/c1-38-15-17-40(18-16-38)22-23-5-7-24(8-6-23)29-21-36-34-33(32(29)25-9-11-26(35)12-10-25)28-20-27(13-14-30(28)37-34)39(2)44(41,42)31-4-3-19-43-31/h3-14,19-21H,15-18,22H2,1-2H3,(H,36,37). The molecule has 1 saturated heterocycles. The van der Waals surface area contributed by atoms with E-state index in [1.807, 2.05) is 18.3 Å². The number of sulfonamides is 1. The summed E-state index contributed by atoms with van der Waals surface area (Å²) in [6, 6.07) is 24.0. The van der Waals surface area contributed by atoms with E-state index < -0.39 is 10.0 Å². The lowest BCUT2D eigenvalue weighted by Gasteiger charge is -2.32. The number of fused-ring (bicyclic) bond motifs is 3. The second-order valence-electron chi connectivity index (χ2n) is 11.3. The number of benzene rings is 3. The van der Waals surface area contributed by atoms with Crippen molar-refractivity contribution in [1.82, 2.24) is 19.8 Å². The molecule has 0 atom stereocenters. The Morgan fingerprint density at radius 2 is 1.68 bits per heavy atom. The number of thiophene rings is 1. The monoisotopic (exact) mass is 625 g/mol. The number of hydrogen-bond acceptors (Lipinski definition) is 6. The zero-order chi connectivity index (χ0) is 30.4. The molecule has 0 unspecified atom stereocenters. The molecule has 3 aromatic carbocycles. The van der Waals surface area contributed by atoms with Crippen LogP contribution in [0.5, 0.6) is 0 Å². The van der Waals surface area contributed by atoms with Crippen molar-refractivity contribution in [3.05, 3.63) is 102 Å². The van der Waals surface area contributed by atoms with E-state index in [9.17, 15) is 12.8 Å². The normalized spacial score (nSPS) is 14.9. The molecule has 3 aromatic heterocycles. The molecule has 6 aromatic rings. The predicted molar refractivity (Wildman–Crippen MR) is 177 cm³/mol. The van der Waals surface area contributed by atoms with E-state index in [0.29, 0.717) is 11.3 Å². The van der Waals surface area contributed by atoms with Crippen LogP contribution in [-0.2, 0) is 16.6 Å².